The number of nitro groups is 1. The number of allylic oxidation sites excluding steroid dienone is 1. The molecule has 0 aliphatic carbocycles. The fourth-order valence-electron chi connectivity index (χ4n) is 1.44. The lowest BCUT2D eigenvalue weighted by atomic mass is 10.1. The lowest BCUT2D eigenvalue weighted by Gasteiger charge is -2.03. The Balaban J connectivity index is 4.32. The van der Waals surface area contributed by atoms with Crippen LogP contribution in [0.1, 0.15) is 45.4 Å². The summed E-state index contributed by atoms with van der Waals surface area (Å²) in [6.45, 7) is 2.17. The second-order valence-electron chi connectivity index (χ2n) is 4.07. The molecule has 20 heavy (non-hydrogen) atoms. The van der Waals surface area contributed by atoms with Crippen molar-refractivity contribution in [3.63, 3.8) is 0 Å². The van der Waals surface area contributed by atoms with Crippen LogP contribution in [0.2, 0.25) is 0 Å². The van der Waals surface area contributed by atoms with E-state index in [1.54, 1.807) is 0 Å². The van der Waals surface area contributed by atoms with Crippen LogP contribution in [0.3, 0.4) is 0 Å². The molecule has 0 N–H and O–H groups in total. The van der Waals surface area contributed by atoms with Gasteiger partial charge in [0.25, 0.3) is 0 Å². The van der Waals surface area contributed by atoms with Crippen LogP contribution in [-0.4, -0.2) is 10.7 Å². The number of nitrogens with zero attached hydrogens (tertiary/aromatic N) is 1. The molecule has 0 amide bonds. The Kier molecular flexibility index (Phi) is 12.5. The van der Waals surface area contributed by atoms with Gasteiger partial charge in [-0.25, -0.2) is 0 Å². The third-order valence-corrected chi connectivity index (χ3v) is 5.19. The molecule has 0 aliphatic rings. The first-order valence-electron chi connectivity index (χ1n) is 6.29. The Morgan fingerprint density at radius 1 is 1.15 bits per heavy atom. The molecule has 0 saturated carbocycles. The molecule has 0 saturated heterocycles. The van der Waals surface area contributed by atoms with Crippen molar-refractivity contribution in [3.8, 4) is 0 Å². The van der Waals surface area contributed by atoms with Crippen LogP contribution in [0.5, 0.6) is 0 Å². The van der Waals surface area contributed by atoms with E-state index in [4.69, 9.17) is 34.8 Å². The van der Waals surface area contributed by atoms with Gasteiger partial charge in [-0.15, -0.1) is 11.8 Å². The van der Waals surface area contributed by atoms with E-state index in [1.165, 1.54) is 37.4 Å². The molecule has 0 aromatic carbocycles. The summed E-state index contributed by atoms with van der Waals surface area (Å²) in [5, 5.41) is 10.8. The third kappa shape index (κ3) is 8.78. The number of halogens is 4. The van der Waals surface area contributed by atoms with Crippen molar-refractivity contribution in [2.75, 3.05) is 5.75 Å². The summed E-state index contributed by atoms with van der Waals surface area (Å²) in [4.78, 5) is 10.3. The van der Waals surface area contributed by atoms with E-state index in [-0.39, 0.29) is 19.0 Å². The predicted octanol–water partition coefficient (Wildman–Crippen LogP) is 6.81. The van der Waals surface area contributed by atoms with Crippen LogP contribution in [-0.2, 0) is 0 Å². The molecular formula is C12H17BrCl3NO2S. The molecule has 0 aromatic heterocycles. The quantitative estimate of drug-likeness (QED) is 0.167. The maximum atomic E-state index is 10.9. The van der Waals surface area contributed by atoms with Crippen molar-refractivity contribution < 1.29 is 4.92 Å². The molecule has 0 heterocycles. The summed E-state index contributed by atoms with van der Waals surface area (Å²) in [7, 11) is 0. The summed E-state index contributed by atoms with van der Waals surface area (Å²) in [6, 6.07) is 0. The molecule has 0 unspecified atom stereocenters. The number of rotatable bonds is 10. The van der Waals surface area contributed by atoms with Gasteiger partial charge < -0.3 is 0 Å². The van der Waals surface area contributed by atoms with Crippen molar-refractivity contribution in [1.82, 2.24) is 0 Å². The molecule has 3 nitrogen and oxygen atoms in total. The Morgan fingerprint density at radius 3 is 2.20 bits per heavy atom. The Hall–Kier alpha value is 0.580. The standard InChI is InChI=1S/C12H17BrCl3NO2S/c1-2-3-4-5-6-7-8-20-12(16)10(17(18)19)9(14)11(13)15/h2-8H2,1H3/b11-9-,12-10+. The first-order valence-corrected chi connectivity index (χ1v) is 9.21. The van der Waals surface area contributed by atoms with Gasteiger partial charge in [0, 0.05) is 0 Å². The summed E-state index contributed by atoms with van der Waals surface area (Å²) >= 11 is 21.4. The van der Waals surface area contributed by atoms with Gasteiger partial charge in [-0.1, -0.05) is 73.8 Å². The number of thioether (sulfide) groups is 1. The van der Waals surface area contributed by atoms with Crippen molar-refractivity contribution in [1.29, 1.82) is 0 Å². The van der Waals surface area contributed by atoms with Crippen molar-refractivity contribution in [2.24, 2.45) is 0 Å². The molecule has 0 spiro atoms. The average Bonchev–Trinajstić information content (AvgIpc) is 2.37. The van der Waals surface area contributed by atoms with Crippen LogP contribution < -0.4 is 0 Å². The second kappa shape index (κ2) is 12.2. The highest BCUT2D eigenvalue weighted by atomic mass is 79.9. The normalized spacial score (nSPS) is 13.8. The SMILES string of the molecule is CCCCCCCCS/C(Cl)=C(\C(Cl)=C(\Cl)Br)[N+](=O)[O-]. The van der Waals surface area contributed by atoms with E-state index < -0.39 is 4.92 Å². The minimum absolute atomic E-state index is 0.0239. The molecule has 0 fully saturated rings. The van der Waals surface area contributed by atoms with Gasteiger partial charge >= 0.3 is 5.70 Å². The first-order chi connectivity index (χ1) is 9.41. The zero-order valence-electron chi connectivity index (χ0n) is 11.1. The molecule has 0 radical (unpaired) electrons. The maximum Gasteiger partial charge on any atom is 0.314 e. The van der Waals surface area contributed by atoms with Gasteiger partial charge in [-0.2, -0.15) is 0 Å². The van der Waals surface area contributed by atoms with Gasteiger partial charge in [0.2, 0.25) is 0 Å². The van der Waals surface area contributed by atoms with Crippen LogP contribution >= 0.6 is 62.5 Å². The van der Waals surface area contributed by atoms with Gasteiger partial charge in [0.15, 0.2) is 4.36 Å². The zero-order chi connectivity index (χ0) is 15.5. The topological polar surface area (TPSA) is 43.1 Å². The lowest BCUT2D eigenvalue weighted by molar-refractivity contribution is -0.419. The second-order valence-corrected chi connectivity index (χ2v) is 7.78. The minimum Gasteiger partial charge on any atom is -0.258 e. The molecule has 0 aliphatic heterocycles. The summed E-state index contributed by atoms with van der Waals surface area (Å²) in [5.74, 6) is 0.729. The number of hydrogen-bond acceptors (Lipinski definition) is 3. The maximum absolute atomic E-state index is 10.9. The highest BCUT2D eigenvalue weighted by molar-refractivity contribution is 9.12. The van der Waals surface area contributed by atoms with Gasteiger partial charge in [-0.3, -0.25) is 10.1 Å². The van der Waals surface area contributed by atoms with E-state index >= 15 is 0 Å². The van der Waals surface area contributed by atoms with Crippen molar-refractivity contribution in [3.05, 3.63) is 29.1 Å². The lowest BCUT2D eigenvalue weighted by Crippen LogP contribution is -2.01. The van der Waals surface area contributed by atoms with Crippen LogP contribution in [0.25, 0.3) is 0 Å². The molecule has 0 bridgehead atoms. The number of hydrogen-bond donors (Lipinski definition) is 0. The first kappa shape index (κ1) is 20.6. The van der Waals surface area contributed by atoms with Crippen LogP contribution in [0.4, 0.5) is 0 Å². The smallest absolute Gasteiger partial charge is 0.258 e. The molecule has 0 atom stereocenters. The van der Waals surface area contributed by atoms with E-state index in [2.05, 4.69) is 22.9 Å². The van der Waals surface area contributed by atoms with Gasteiger partial charge in [-0.05, 0) is 28.1 Å². The van der Waals surface area contributed by atoms with Gasteiger partial charge in [0.05, 0.1) is 4.92 Å². The molecule has 0 rings (SSSR count). The van der Waals surface area contributed by atoms with Crippen molar-refractivity contribution >= 4 is 62.5 Å². The number of unbranched alkanes of at least 4 members (excludes halogenated alkanes) is 5. The van der Waals surface area contributed by atoms with Crippen LogP contribution in [0, 0.1) is 10.1 Å². The van der Waals surface area contributed by atoms with Gasteiger partial charge in [0.1, 0.15) is 8.97 Å². The summed E-state index contributed by atoms with van der Waals surface area (Å²) in [6.07, 6.45) is 6.97. The molecular weight excluding hydrogens is 408 g/mol. The molecule has 8 heteroatoms. The summed E-state index contributed by atoms with van der Waals surface area (Å²) < 4.78 is 0.0374. The summed E-state index contributed by atoms with van der Waals surface area (Å²) in [5.41, 5.74) is -0.355. The van der Waals surface area contributed by atoms with E-state index in [0.717, 1.165) is 18.6 Å². The van der Waals surface area contributed by atoms with E-state index in [9.17, 15) is 10.1 Å². The van der Waals surface area contributed by atoms with Crippen molar-refractivity contribution in [2.45, 2.75) is 45.4 Å². The Labute approximate surface area is 147 Å². The Bertz CT molecular complexity index is 385. The van der Waals surface area contributed by atoms with Crippen LogP contribution in [0.15, 0.2) is 19.0 Å². The highest BCUT2D eigenvalue weighted by Gasteiger charge is 2.24. The van der Waals surface area contributed by atoms with E-state index in [1.807, 2.05) is 0 Å². The Morgan fingerprint density at radius 2 is 1.70 bits per heavy atom. The third-order valence-electron chi connectivity index (χ3n) is 2.47. The molecule has 0 aromatic rings. The zero-order valence-corrected chi connectivity index (χ0v) is 15.8. The fourth-order valence-corrected chi connectivity index (χ4v) is 3.22. The largest absolute Gasteiger partial charge is 0.314 e. The fraction of sp³-hybridized carbons (Fsp3) is 0.667. The molecule has 116 valence electrons. The average molecular weight is 426 g/mol. The monoisotopic (exact) mass is 423 g/mol. The highest BCUT2D eigenvalue weighted by Crippen LogP contribution is 2.35. The predicted molar refractivity (Wildman–Crippen MR) is 93.4 cm³/mol. The minimum atomic E-state index is -0.622. The van der Waals surface area contributed by atoms with E-state index in [0.29, 0.717) is 0 Å².